The van der Waals surface area contributed by atoms with Gasteiger partial charge in [0.25, 0.3) is 5.56 Å². The van der Waals surface area contributed by atoms with Crippen LogP contribution < -0.4 is 26.7 Å². The fourth-order valence-electron chi connectivity index (χ4n) is 5.76. The van der Waals surface area contributed by atoms with E-state index in [0.29, 0.717) is 36.4 Å². The first-order valence-corrected chi connectivity index (χ1v) is 14.2. The summed E-state index contributed by atoms with van der Waals surface area (Å²) in [6.45, 7) is 4.97. The van der Waals surface area contributed by atoms with Crippen molar-refractivity contribution in [1.29, 1.82) is 0 Å². The minimum absolute atomic E-state index is 0.146. The van der Waals surface area contributed by atoms with Crippen molar-refractivity contribution >= 4 is 34.3 Å². The molecule has 0 radical (unpaired) electrons. The first kappa shape index (κ1) is 27.8. The molecule has 0 amide bonds. The number of H-pyrrole nitrogens is 1. The van der Waals surface area contributed by atoms with E-state index in [1.54, 1.807) is 35.4 Å². The molecule has 0 saturated carbocycles. The zero-order chi connectivity index (χ0) is 30.2. The Bertz CT molecular complexity index is 2030. The number of aromatic nitrogens is 4. The number of fused-ring (bicyclic) bond motifs is 1. The Balaban J connectivity index is 1.43. The van der Waals surface area contributed by atoms with Gasteiger partial charge >= 0.3 is 11.4 Å². The van der Waals surface area contributed by atoms with E-state index in [9.17, 15) is 19.5 Å². The van der Waals surface area contributed by atoms with Crippen molar-refractivity contribution in [3.05, 3.63) is 109 Å². The average molecular weight is 580 g/mol. The van der Waals surface area contributed by atoms with Crippen LogP contribution in [-0.2, 0) is 20.5 Å². The van der Waals surface area contributed by atoms with Crippen LogP contribution in [0, 0.1) is 0 Å². The molecule has 1 fully saturated rings. The first-order chi connectivity index (χ1) is 20.8. The van der Waals surface area contributed by atoms with Gasteiger partial charge in [-0.1, -0.05) is 43.3 Å². The van der Waals surface area contributed by atoms with Gasteiger partial charge in [-0.25, -0.2) is 14.2 Å². The monoisotopic (exact) mass is 579 g/mol. The van der Waals surface area contributed by atoms with Crippen LogP contribution in [0.3, 0.4) is 0 Å². The number of piperazine rings is 1. The number of imidazole rings is 1. The smallest absolute Gasteiger partial charge is 0.335 e. The summed E-state index contributed by atoms with van der Waals surface area (Å²) in [5, 5.41) is 11.2. The third-order valence-electron chi connectivity index (χ3n) is 8.18. The molecule has 1 aliphatic rings. The van der Waals surface area contributed by atoms with Crippen LogP contribution in [-0.4, -0.2) is 56.2 Å². The summed E-state index contributed by atoms with van der Waals surface area (Å²) in [5.74, 6) is -0.496. The predicted molar refractivity (Wildman–Crippen MR) is 170 cm³/mol. The molecule has 43 heavy (non-hydrogen) atoms. The van der Waals surface area contributed by atoms with Crippen molar-refractivity contribution < 1.29 is 5.11 Å². The lowest BCUT2D eigenvalue weighted by Gasteiger charge is -2.37. The van der Waals surface area contributed by atoms with Crippen LogP contribution in [0.2, 0.25) is 0 Å². The number of para-hydroxylation sites is 2. The van der Waals surface area contributed by atoms with Crippen molar-refractivity contribution in [2.24, 2.45) is 19.1 Å². The number of aliphatic imine (C=N–C) groups is 1. The molecular weight excluding hydrogens is 546 g/mol. The molecule has 220 valence electrons. The Morgan fingerprint density at radius 3 is 2.16 bits per heavy atom. The van der Waals surface area contributed by atoms with E-state index in [1.165, 1.54) is 6.21 Å². The Kier molecular flexibility index (Phi) is 7.22. The fourth-order valence-corrected chi connectivity index (χ4v) is 5.76. The molecule has 0 unspecified atom stereocenters. The second-order valence-electron chi connectivity index (χ2n) is 10.6. The molecule has 3 aromatic carbocycles. The van der Waals surface area contributed by atoms with Crippen molar-refractivity contribution in [2.45, 2.75) is 13.3 Å². The summed E-state index contributed by atoms with van der Waals surface area (Å²) in [6, 6.07) is 21.2. The Morgan fingerprint density at radius 2 is 1.47 bits per heavy atom. The molecule has 11 nitrogen and oxygen atoms in total. The highest BCUT2D eigenvalue weighted by Crippen LogP contribution is 2.34. The Labute approximate surface area is 247 Å². The number of benzene rings is 3. The normalized spacial score (nSPS) is 13.8. The fraction of sp³-hybridized carbons (Fsp3) is 0.250. The van der Waals surface area contributed by atoms with E-state index in [0.717, 1.165) is 40.1 Å². The van der Waals surface area contributed by atoms with Crippen molar-refractivity contribution in [1.82, 2.24) is 18.7 Å². The molecule has 3 heterocycles. The van der Waals surface area contributed by atoms with E-state index in [-0.39, 0.29) is 11.3 Å². The zero-order valence-electron chi connectivity index (χ0n) is 24.3. The molecule has 2 N–H and O–H groups in total. The lowest BCUT2D eigenvalue weighted by molar-refractivity contribution is 0.429. The lowest BCUT2D eigenvalue weighted by atomic mass is 10.1. The number of hydrogen-bond donors (Lipinski definition) is 2. The number of aromatic hydroxyl groups is 1. The largest absolute Gasteiger partial charge is 0.493 e. The number of rotatable bonds is 6. The third-order valence-corrected chi connectivity index (χ3v) is 8.18. The van der Waals surface area contributed by atoms with Crippen LogP contribution in [0.5, 0.6) is 5.88 Å². The van der Waals surface area contributed by atoms with Crippen molar-refractivity contribution in [3.63, 3.8) is 0 Å². The molecule has 5 aromatic rings. The summed E-state index contributed by atoms with van der Waals surface area (Å²) >= 11 is 0. The van der Waals surface area contributed by atoms with E-state index in [1.807, 2.05) is 49.4 Å². The summed E-state index contributed by atoms with van der Waals surface area (Å²) < 4.78 is 4.25. The molecule has 0 bridgehead atoms. The van der Waals surface area contributed by atoms with Gasteiger partial charge in [0.15, 0.2) is 0 Å². The van der Waals surface area contributed by atoms with Gasteiger partial charge in [0.1, 0.15) is 5.56 Å². The van der Waals surface area contributed by atoms with Gasteiger partial charge in [0.2, 0.25) is 5.88 Å². The van der Waals surface area contributed by atoms with Crippen LogP contribution in [0.4, 0.5) is 17.1 Å². The van der Waals surface area contributed by atoms with Crippen LogP contribution in [0.25, 0.3) is 16.7 Å². The van der Waals surface area contributed by atoms with Gasteiger partial charge in [-0.05, 0) is 42.3 Å². The minimum Gasteiger partial charge on any atom is -0.493 e. The Hall–Kier alpha value is -5.32. The standard InChI is InChI=1S/C32H33N7O4/c1-4-21-10-8-9-13-25(21)39-30(41)23(29(40)34-31(39)42)20-33-24-18-27-28(36(3)32(43)35(27)2)19-26(24)38-16-14-37(15-17-38)22-11-6-5-7-12-22/h5-13,18-20,41H,4,14-17H2,1-3H3,(H,34,40,42). The van der Waals surface area contributed by atoms with Crippen molar-refractivity contribution in [2.75, 3.05) is 36.0 Å². The molecule has 11 heteroatoms. The number of anilines is 2. The molecule has 1 aliphatic heterocycles. The van der Waals surface area contributed by atoms with Gasteiger partial charge in [0, 0.05) is 52.2 Å². The number of nitrogens with zero attached hydrogens (tertiary/aromatic N) is 6. The second-order valence-corrected chi connectivity index (χ2v) is 10.6. The highest BCUT2D eigenvalue weighted by atomic mass is 16.3. The topological polar surface area (TPSA) is 121 Å². The first-order valence-electron chi connectivity index (χ1n) is 14.2. The SMILES string of the molecule is CCc1ccccc1-n1c(O)c(C=Nc2cc3c(cc2N2CCN(c4ccccc4)CC2)n(C)c(=O)n3C)c(=O)[nH]c1=O. The van der Waals surface area contributed by atoms with Gasteiger partial charge in [-0.15, -0.1) is 0 Å². The van der Waals surface area contributed by atoms with Crippen LogP contribution in [0.15, 0.2) is 86.1 Å². The van der Waals surface area contributed by atoms with E-state index >= 15 is 0 Å². The maximum atomic E-state index is 12.9. The summed E-state index contributed by atoms with van der Waals surface area (Å²) in [4.78, 5) is 50.0. The quantitative estimate of drug-likeness (QED) is 0.299. The predicted octanol–water partition coefficient (Wildman–Crippen LogP) is 3.06. The number of aromatic amines is 1. The number of aryl methyl sites for hydroxylation is 3. The average Bonchev–Trinajstić information content (AvgIpc) is 3.24. The lowest BCUT2D eigenvalue weighted by Crippen LogP contribution is -2.46. The maximum Gasteiger partial charge on any atom is 0.335 e. The highest BCUT2D eigenvalue weighted by Gasteiger charge is 2.22. The van der Waals surface area contributed by atoms with Gasteiger partial charge in [0.05, 0.1) is 28.1 Å². The van der Waals surface area contributed by atoms with E-state index < -0.39 is 17.1 Å². The van der Waals surface area contributed by atoms with Gasteiger partial charge < -0.3 is 14.9 Å². The Morgan fingerprint density at radius 1 is 0.837 bits per heavy atom. The zero-order valence-corrected chi connectivity index (χ0v) is 24.3. The van der Waals surface area contributed by atoms with Crippen LogP contribution >= 0.6 is 0 Å². The molecular formula is C32H33N7O4. The molecule has 0 aliphatic carbocycles. The minimum atomic E-state index is -0.748. The summed E-state index contributed by atoms with van der Waals surface area (Å²) in [5.41, 5.74) is 3.48. The molecule has 6 rings (SSSR count). The summed E-state index contributed by atoms with van der Waals surface area (Å²) in [7, 11) is 3.44. The van der Waals surface area contributed by atoms with Crippen molar-refractivity contribution in [3.8, 4) is 11.6 Å². The third kappa shape index (κ3) is 4.92. The van der Waals surface area contributed by atoms with Gasteiger partial charge in [-0.2, -0.15) is 0 Å². The maximum absolute atomic E-state index is 12.9. The van der Waals surface area contributed by atoms with Crippen LogP contribution in [0.1, 0.15) is 18.1 Å². The molecule has 0 atom stereocenters. The molecule has 2 aromatic heterocycles. The molecule has 1 saturated heterocycles. The second kappa shape index (κ2) is 11.2. The van der Waals surface area contributed by atoms with E-state index in [4.69, 9.17) is 0 Å². The van der Waals surface area contributed by atoms with Gasteiger partial charge in [-0.3, -0.25) is 23.9 Å². The number of nitrogens with one attached hydrogen (secondary N) is 1. The van der Waals surface area contributed by atoms with E-state index in [2.05, 4.69) is 31.9 Å². The number of hydrogen-bond acceptors (Lipinski definition) is 7. The summed E-state index contributed by atoms with van der Waals surface area (Å²) in [6.07, 6.45) is 1.91. The highest BCUT2D eigenvalue weighted by molar-refractivity contribution is 5.92. The molecule has 0 spiro atoms.